The van der Waals surface area contributed by atoms with Gasteiger partial charge in [0.25, 0.3) is 0 Å². The lowest BCUT2D eigenvalue weighted by atomic mass is 9.96. The van der Waals surface area contributed by atoms with Crippen molar-refractivity contribution in [3.05, 3.63) is 78.0 Å². The number of aromatic nitrogens is 4. The van der Waals surface area contributed by atoms with E-state index in [1.54, 1.807) is 4.90 Å². The van der Waals surface area contributed by atoms with Crippen molar-refractivity contribution in [2.45, 2.75) is 97.1 Å². The smallest absolute Gasteiger partial charge is 0.407 e. The van der Waals surface area contributed by atoms with Gasteiger partial charge in [0, 0.05) is 24.2 Å². The van der Waals surface area contributed by atoms with E-state index in [1.807, 2.05) is 18.2 Å². The Morgan fingerprint density at radius 2 is 1.40 bits per heavy atom. The standard InChI is InChI=1S/C41H44N8O7.2C3H8/c1-54-39(52)42-22-34(50)48-41(16-3-4-17-41)38-46-30-15-19-56-33-21-27(11-13-28(33)36(30)47-38)25-9-7-24(8-10-25)26-12-14-29-31(20-26)45-37(44-29)32-6-5-18-49(32)35(51)23-43-40(53)55-2;2*1-3-2/h7-14,20-21,32H,3-6,15-19,22-23H2,1-2H3,(H,42,52)(H,43,53)(H,44,45)(H,46,47)(H,48,50);2*3H2,1-2H3/t32-;;/m0../s1. The van der Waals surface area contributed by atoms with Crippen LogP contribution in [0.3, 0.4) is 0 Å². The summed E-state index contributed by atoms with van der Waals surface area (Å²) in [6.07, 6.45) is 6.90. The molecule has 1 atom stereocenters. The number of nitrogens with zero attached hydrogens (tertiary/aromatic N) is 3. The third-order valence-electron chi connectivity index (χ3n) is 11.0. The summed E-state index contributed by atoms with van der Waals surface area (Å²) >= 11 is 0. The zero-order valence-electron chi connectivity index (χ0n) is 36.7. The molecule has 62 heavy (non-hydrogen) atoms. The Balaban J connectivity index is 0.00000101. The first-order valence-electron chi connectivity index (χ1n) is 21.8. The summed E-state index contributed by atoms with van der Waals surface area (Å²) in [7, 11) is 2.53. The molecule has 4 amide bonds. The summed E-state index contributed by atoms with van der Waals surface area (Å²) in [5, 5.41) is 8.08. The Morgan fingerprint density at radius 3 is 2.06 bits per heavy atom. The Labute approximate surface area is 363 Å². The largest absolute Gasteiger partial charge is 0.492 e. The number of imidazole rings is 2. The number of fused-ring (bicyclic) bond motifs is 4. The van der Waals surface area contributed by atoms with Gasteiger partial charge < -0.3 is 45.0 Å². The van der Waals surface area contributed by atoms with Crippen molar-refractivity contribution in [1.29, 1.82) is 0 Å². The highest BCUT2D eigenvalue weighted by molar-refractivity contribution is 5.85. The van der Waals surface area contributed by atoms with Crippen molar-refractivity contribution < 1.29 is 33.4 Å². The van der Waals surface area contributed by atoms with E-state index in [2.05, 4.69) is 106 Å². The maximum absolute atomic E-state index is 12.9. The Morgan fingerprint density at radius 1 is 0.790 bits per heavy atom. The van der Waals surface area contributed by atoms with Crippen LogP contribution in [0, 0.1) is 0 Å². The molecule has 4 heterocycles. The van der Waals surface area contributed by atoms with Crippen LogP contribution in [-0.2, 0) is 31.0 Å². The van der Waals surface area contributed by atoms with Crippen LogP contribution in [0.2, 0.25) is 0 Å². The van der Waals surface area contributed by atoms with Gasteiger partial charge in [-0.05, 0) is 72.2 Å². The van der Waals surface area contributed by atoms with Crippen LogP contribution in [0.15, 0.2) is 60.7 Å². The highest BCUT2D eigenvalue weighted by Gasteiger charge is 2.41. The topological polar surface area (TPSA) is 193 Å². The lowest BCUT2D eigenvalue weighted by Gasteiger charge is -2.28. The maximum atomic E-state index is 12.9. The highest BCUT2D eigenvalue weighted by atomic mass is 16.5. The molecule has 15 nitrogen and oxygen atoms in total. The van der Waals surface area contributed by atoms with Gasteiger partial charge in [-0.25, -0.2) is 19.6 Å². The predicted molar refractivity (Wildman–Crippen MR) is 238 cm³/mol. The Bertz CT molecular complexity index is 2330. The molecule has 0 unspecified atom stereocenters. The van der Waals surface area contributed by atoms with Crippen LogP contribution in [0.1, 0.15) is 102 Å². The fourth-order valence-corrected chi connectivity index (χ4v) is 8.15. The molecular formula is C47H60N8O7. The van der Waals surface area contributed by atoms with Crippen molar-refractivity contribution in [2.24, 2.45) is 0 Å². The van der Waals surface area contributed by atoms with E-state index >= 15 is 0 Å². The summed E-state index contributed by atoms with van der Waals surface area (Å²) in [6, 6.07) is 20.5. The van der Waals surface area contributed by atoms with Crippen molar-refractivity contribution in [3.8, 4) is 39.3 Å². The second kappa shape index (κ2) is 20.9. The van der Waals surface area contributed by atoms with E-state index in [-0.39, 0.29) is 30.9 Å². The molecular weight excluding hydrogens is 789 g/mol. The lowest BCUT2D eigenvalue weighted by molar-refractivity contribution is -0.131. The lowest BCUT2D eigenvalue weighted by Crippen LogP contribution is -2.48. The molecule has 5 aromatic rings. The Hall–Kier alpha value is -6.38. The van der Waals surface area contributed by atoms with Gasteiger partial charge in [0.2, 0.25) is 11.8 Å². The molecule has 3 aromatic carbocycles. The van der Waals surface area contributed by atoms with Crippen LogP contribution in [0.4, 0.5) is 9.59 Å². The minimum atomic E-state index is -0.656. The molecule has 0 spiro atoms. The van der Waals surface area contributed by atoms with Crippen molar-refractivity contribution >= 4 is 35.0 Å². The van der Waals surface area contributed by atoms with Gasteiger partial charge in [0.1, 0.15) is 30.5 Å². The molecule has 2 aromatic heterocycles. The number of methoxy groups -OCH3 is 2. The zero-order valence-corrected chi connectivity index (χ0v) is 36.7. The summed E-state index contributed by atoms with van der Waals surface area (Å²) in [6.45, 7) is 9.27. The van der Waals surface area contributed by atoms with Gasteiger partial charge in [-0.2, -0.15) is 0 Å². The molecule has 1 saturated heterocycles. The number of benzene rings is 3. The molecule has 3 aliphatic rings. The summed E-state index contributed by atoms with van der Waals surface area (Å²) < 4.78 is 15.5. The van der Waals surface area contributed by atoms with Crippen LogP contribution >= 0.6 is 0 Å². The minimum Gasteiger partial charge on any atom is -0.492 e. The monoisotopic (exact) mass is 848 g/mol. The first kappa shape index (κ1) is 45.2. The fraction of sp³-hybridized carbons (Fsp3) is 0.447. The number of aromatic amines is 2. The molecule has 1 saturated carbocycles. The molecule has 2 aliphatic heterocycles. The summed E-state index contributed by atoms with van der Waals surface area (Å²) in [5.74, 6) is 1.73. The number of likely N-dealkylation sites (tertiary alicyclic amines) is 1. The second-order valence-corrected chi connectivity index (χ2v) is 15.8. The van der Waals surface area contributed by atoms with Gasteiger partial charge in [0.15, 0.2) is 0 Å². The van der Waals surface area contributed by atoms with Gasteiger partial charge in [-0.1, -0.05) is 89.8 Å². The first-order chi connectivity index (χ1) is 30.1. The SMILES string of the molecule is CCC.CCC.COC(=O)NCC(=O)NC1(c2nc3c([nH]2)CCOc2cc(-c4ccc(-c5ccc6nc([C@@H]7CCCN7C(=O)CNC(=O)OC)[nH]c6c5)cc4)ccc2-3)CCCC1. The number of amides is 4. The van der Waals surface area contributed by atoms with Gasteiger partial charge >= 0.3 is 12.2 Å². The average Bonchev–Trinajstić information content (AvgIpc) is 4.11. The van der Waals surface area contributed by atoms with E-state index in [9.17, 15) is 19.2 Å². The maximum Gasteiger partial charge on any atom is 0.407 e. The molecule has 1 aliphatic carbocycles. The number of ether oxygens (including phenoxy) is 3. The fourth-order valence-electron chi connectivity index (χ4n) is 8.15. The predicted octanol–water partition coefficient (Wildman–Crippen LogP) is 8.32. The molecule has 8 rings (SSSR count). The number of nitrogens with one attached hydrogen (secondary N) is 5. The van der Waals surface area contributed by atoms with Gasteiger partial charge in [-0.3, -0.25) is 9.59 Å². The van der Waals surface area contributed by atoms with Gasteiger partial charge in [0.05, 0.1) is 49.1 Å². The summed E-state index contributed by atoms with van der Waals surface area (Å²) in [4.78, 5) is 67.4. The minimum absolute atomic E-state index is 0.127. The third kappa shape index (κ3) is 10.4. The molecule has 330 valence electrons. The number of alkyl carbamates (subject to hydrolysis) is 2. The first-order valence-corrected chi connectivity index (χ1v) is 21.8. The van der Waals surface area contributed by atoms with Crippen LogP contribution in [0.5, 0.6) is 5.75 Å². The zero-order chi connectivity index (χ0) is 44.2. The van der Waals surface area contributed by atoms with Crippen LogP contribution in [-0.4, -0.2) is 89.3 Å². The van der Waals surface area contributed by atoms with Crippen LogP contribution < -0.4 is 20.7 Å². The number of carbonyl (C=O) groups excluding carboxylic acids is 4. The molecule has 0 bridgehead atoms. The van der Waals surface area contributed by atoms with E-state index in [4.69, 9.17) is 14.7 Å². The molecule has 15 heteroatoms. The number of hydrogen-bond acceptors (Lipinski definition) is 9. The quantitative estimate of drug-likeness (QED) is 0.0970. The van der Waals surface area contributed by atoms with Crippen molar-refractivity contribution in [2.75, 3.05) is 40.5 Å². The van der Waals surface area contributed by atoms with E-state index in [1.165, 1.54) is 27.1 Å². The Kier molecular flexibility index (Phi) is 15.2. The van der Waals surface area contributed by atoms with E-state index in [0.717, 1.165) is 106 Å². The third-order valence-corrected chi connectivity index (χ3v) is 11.0. The highest BCUT2D eigenvalue weighted by Crippen LogP contribution is 2.42. The van der Waals surface area contributed by atoms with Crippen molar-refractivity contribution in [1.82, 2.24) is 40.8 Å². The van der Waals surface area contributed by atoms with E-state index in [0.29, 0.717) is 19.6 Å². The molecule has 5 N–H and O–H groups in total. The van der Waals surface area contributed by atoms with E-state index < -0.39 is 17.7 Å². The number of hydrogen-bond donors (Lipinski definition) is 5. The van der Waals surface area contributed by atoms with Gasteiger partial charge in [-0.15, -0.1) is 0 Å². The summed E-state index contributed by atoms with van der Waals surface area (Å²) in [5.41, 5.74) is 7.87. The second-order valence-electron chi connectivity index (χ2n) is 15.8. The van der Waals surface area contributed by atoms with Crippen molar-refractivity contribution in [3.63, 3.8) is 0 Å². The van der Waals surface area contributed by atoms with Crippen LogP contribution in [0.25, 0.3) is 44.5 Å². The average molecular weight is 849 g/mol. The molecule has 2 fully saturated rings. The molecule has 0 radical (unpaired) electrons. The number of rotatable bonds is 9. The normalized spacial score (nSPS) is 15.9. The number of H-pyrrole nitrogens is 2. The number of carbonyl (C=O) groups is 4.